The van der Waals surface area contributed by atoms with Crippen molar-refractivity contribution in [3.63, 3.8) is 0 Å². The Kier molecular flexibility index (Phi) is 4.89. The molecule has 2 rings (SSSR count). The Morgan fingerprint density at radius 2 is 2.39 bits per heavy atom. The van der Waals surface area contributed by atoms with Crippen molar-refractivity contribution in [2.75, 3.05) is 6.26 Å². The van der Waals surface area contributed by atoms with E-state index in [9.17, 15) is 4.79 Å². The van der Waals surface area contributed by atoms with E-state index < -0.39 is 0 Å². The predicted octanol–water partition coefficient (Wildman–Crippen LogP) is 3.14. The van der Waals surface area contributed by atoms with Crippen LogP contribution in [-0.2, 0) is 0 Å². The van der Waals surface area contributed by atoms with Crippen molar-refractivity contribution in [2.45, 2.75) is 37.0 Å². The molecule has 1 aromatic rings. The highest BCUT2D eigenvalue weighted by Crippen LogP contribution is 2.27. The molecule has 98 valence electrons. The van der Waals surface area contributed by atoms with Crippen molar-refractivity contribution in [3.05, 3.63) is 29.0 Å². The molecule has 0 spiro atoms. The Balaban J connectivity index is 1.95. The van der Waals surface area contributed by atoms with Gasteiger partial charge in [-0.2, -0.15) is 11.8 Å². The van der Waals surface area contributed by atoms with Crippen LogP contribution in [0.5, 0.6) is 0 Å². The van der Waals surface area contributed by atoms with Crippen LogP contribution in [0.15, 0.2) is 18.3 Å². The van der Waals surface area contributed by atoms with E-state index in [1.54, 1.807) is 18.3 Å². The summed E-state index contributed by atoms with van der Waals surface area (Å²) in [6, 6.07) is 3.58. The Morgan fingerprint density at radius 1 is 1.56 bits per heavy atom. The first-order valence-electron chi connectivity index (χ1n) is 6.14. The zero-order valence-electron chi connectivity index (χ0n) is 10.4. The number of halogens is 1. The fraction of sp³-hybridized carbons (Fsp3) is 0.538. The van der Waals surface area contributed by atoms with Crippen molar-refractivity contribution in [3.8, 4) is 0 Å². The van der Waals surface area contributed by atoms with Gasteiger partial charge in [0.2, 0.25) is 0 Å². The number of carbonyl (C=O) groups is 1. The van der Waals surface area contributed by atoms with E-state index in [1.165, 1.54) is 12.8 Å². The lowest BCUT2D eigenvalue weighted by atomic mass is 9.94. The molecule has 1 aliphatic carbocycles. The maximum Gasteiger partial charge on any atom is 0.251 e. The number of nitrogens with zero attached hydrogens (tertiary/aromatic N) is 1. The van der Waals surface area contributed by atoms with Crippen molar-refractivity contribution >= 4 is 29.3 Å². The van der Waals surface area contributed by atoms with Gasteiger partial charge < -0.3 is 5.32 Å². The first-order valence-corrected chi connectivity index (χ1v) is 7.81. The molecule has 18 heavy (non-hydrogen) atoms. The lowest BCUT2D eigenvalue weighted by Gasteiger charge is -2.28. The van der Waals surface area contributed by atoms with Crippen LogP contribution in [0.25, 0.3) is 0 Å². The van der Waals surface area contributed by atoms with Gasteiger partial charge >= 0.3 is 0 Å². The standard InChI is InChI=1S/C13H17ClN2OS/c1-18-11-4-2-3-10(8-11)16-13(17)9-5-6-15-12(14)7-9/h5-7,10-11H,2-4,8H2,1H3,(H,16,17). The van der Waals surface area contributed by atoms with Gasteiger partial charge in [0, 0.05) is 23.1 Å². The maximum atomic E-state index is 12.1. The highest BCUT2D eigenvalue weighted by molar-refractivity contribution is 7.99. The molecule has 2 unspecified atom stereocenters. The minimum atomic E-state index is -0.0500. The molecular formula is C13H17ClN2OS. The van der Waals surface area contributed by atoms with Crippen molar-refractivity contribution in [1.29, 1.82) is 0 Å². The molecule has 0 aliphatic heterocycles. The lowest BCUT2D eigenvalue weighted by Crippen LogP contribution is -2.39. The van der Waals surface area contributed by atoms with Crippen LogP contribution in [-0.4, -0.2) is 28.4 Å². The van der Waals surface area contributed by atoms with Crippen molar-refractivity contribution < 1.29 is 4.79 Å². The average molecular weight is 285 g/mol. The summed E-state index contributed by atoms with van der Waals surface area (Å²) in [5, 5.41) is 4.11. The quantitative estimate of drug-likeness (QED) is 0.867. The lowest BCUT2D eigenvalue weighted by molar-refractivity contribution is 0.0928. The second kappa shape index (κ2) is 6.43. The topological polar surface area (TPSA) is 42.0 Å². The van der Waals surface area contributed by atoms with E-state index >= 15 is 0 Å². The molecule has 5 heteroatoms. The summed E-state index contributed by atoms with van der Waals surface area (Å²) in [5.41, 5.74) is 0.585. The smallest absolute Gasteiger partial charge is 0.251 e. The normalized spacial score (nSPS) is 23.7. The molecule has 0 radical (unpaired) electrons. The van der Waals surface area contributed by atoms with E-state index in [2.05, 4.69) is 16.6 Å². The molecule has 1 aliphatic rings. The maximum absolute atomic E-state index is 12.1. The fourth-order valence-corrected chi connectivity index (χ4v) is 3.30. The third kappa shape index (κ3) is 3.62. The van der Waals surface area contributed by atoms with Crippen LogP contribution in [0, 0.1) is 0 Å². The highest BCUT2D eigenvalue weighted by Gasteiger charge is 2.22. The zero-order valence-corrected chi connectivity index (χ0v) is 11.9. The molecule has 3 nitrogen and oxygen atoms in total. The van der Waals surface area contributed by atoms with Crippen LogP contribution >= 0.6 is 23.4 Å². The molecule has 0 aromatic carbocycles. The van der Waals surface area contributed by atoms with Crippen LogP contribution < -0.4 is 5.32 Å². The molecule has 1 fully saturated rings. The number of hydrogen-bond donors (Lipinski definition) is 1. The number of amides is 1. The number of rotatable bonds is 3. The van der Waals surface area contributed by atoms with Gasteiger partial charge in [-0.25, -0.2) is 4.98 Å². The van der Waals surface area contributed by atoms with E-state index in [0.29, 0.717) is 16.0 Å². The van der Waals surface area contributed by atoms with Crippen LogP contribution in [0.1, 0.15) is 36.0 Å². The second-order valence-corrected chi connectivity index (χ2v) is 6.09. The van der Waals surface area contributed by atoms with Gasteiger partial charge in [-0.3, -0.25) is 4.79 Å². The Bertz CT molecular complexity index is 427. The number of pyridine rings is 1. The minimum absolute atomic E-state index is 0.0500. The van der Waals surface area contributed by atoms with Crippen LogP contribution in [0.4, 0.5) is 0 Å². The number of nitrogens with one attached hydrogen (secondary N) is 1. The fourth-order valence-electron chi connectivity index (χ4n) is 2.30. The highest BCUT2D eigenvalue weighted by atomic mass is 35.5. The molecular weight excluding hydrogens is 268 g/mol. The van der Waals surface area contributed by atoms with E-state index in [4.69, 9.17) is 11.6 Å². The number of hydrogen-bond acceptors (Lipinski definition) is 3. The molecule has 0 bridgehead atoms. The Morgan fingerprint density at radius 3 is 3.11 bits per heavy atom. The second-order valence-electron chi connectivity index (χ2n) is 4.56. The summed E-state index contributed by atoms with van der Waals surface area (Å²) >= 11 is 7.68. The molecule has 2 atom stereocenters. The summed E-state index contributed by atoms with van der Waals surface area (Å²) in [6.45, 7) is 0. The third-order valence-corrected chi connectivity index (χ3v) is 4.58. The van der Waals surface area contributed by atoms with Gasteiger partial charge in [0.05, 0.1) is 0 Å². The summed E-state index contributed by atoms with van der Waals surface area (Å²) < 4.78 is 0. The first-order chi connectivity index (χ1) is 8.69. The predicted molar refractivity (Wildman–Crippen MR) is 76.3 cm³/mol. The van der Waals surface area contributed by atoms with Gasteiger partial charge in [-0.1, -0.05) is 18.0 Å². The molecule has 1 amide bonds. The molecule has 1 saturated carbocycles. The van der Waals surface area contributed by atoms with E-state index in [1.807, 2.05) is 11.8 Å². The SMILES string of the molecule is CSC1CCCC(NC(=O)c2ccnc(Cl)c2)C1. The zero-order chi connectivity index (χ0) is 13.0. The number of carbonyl (C=O) groups excluding carboxylic acids is 1. The summed E-state index contributed by atoms with van der Waals surface area (Å²) in [6.07, 6.45) is 8.27. The first kappa shape index (κ1) is 13.7. The monoisotopic (exact) mass is 284 g/mol. The molecule has 1 heterocycles. The Labute approximate surface area is 117 Å². The van der Waals surface area contributed by atoms with Gasteiger partial charge in [0.15, 0.2) is 0 Å². The molecule has 1 aromatic heterocycles. The number of aromatic nitrogens is 1. The number of thioether (sulfide) groups is 1. The van der Waals surface area contributed by atoms with E-state index in [0.717, 1.165) is 12.8 Å². The summed E-state index contributed by atoms with van der Waals surface area (Å²) in [5.74, 6) is -0.0500. The van der Waals surface area contributed by atoms with Gasteiger partial charge in [0.1, 0.15) is 5.15 Å². The largest absolute Gasteiger partial charge is 0.349 e. The van der Waals surface area contributed by atoms with Gasteiger partial charge in [0.25, 0.3) is 5.91 Å². The van der Waals surface area contributed by atoms with Crippen molar-refractivity contribution in [1.82, 2.24) is 10.3 Å². The average Bonchev–Trinajstić information content (AvgIpc) is 2.39. The summed E-state index contributed by atoms with van der Waals surface area (Å²) in [4.78, 5) is 15.9. The van der Waals surface area contributed by atoms with Crippen LogP contribution in [0.2, 0.25) is 5.15 Å². The van der Waals surface area contributed by atoms with Crippen LogP contribution in [0.3, 0.4) is 0 Å². The molecule has 1 N–H and O–H groups in total. The molecule has 0 saturated heterocycles. The van der Waals surface area contributed by atoms with Crippen molar-refractivity contribution in [2.24, 2.45) is 0 Å². The Hall–Kier alpha value is -0.740. The van der Waals surface area contributed by atoms with Gasteiger partial charge in [-0.15, -0.1) is 0 Å². The third-order valence-electron chi connectivity index (χ3n) is 3.28. The minimum Gasteiger partial charge on any atom is -0.349 e. The van der Waals surface area contributed by atoms with Gasteiger partial charge in [-0.05, 0) is 37.7 Å². The summed E-state index contributed by atoms with van der Waals surface area (Å²) in [7, 11) is 0. The van der Waals surface area contributed by atoms with E-state index in [-0.39, 0.29) is 11.9 Å².